The average molecular weight is 438 g/mol. The van der Waals surface area contributed by atoms with Gasteiger partial charge in [0.05, 0.1) is 10.0 Å². The normalized spacial score (nSPS) is 19.2. The minimum Gasteiger partial charge on any atom is -0.360 e. The summed E-state index contributed by atoms with van der Waals surface area (Å²) in [5.74, 6) is 0.0317. The fourth-order valence-corrected chi connectivity index (χ4v) is 4.33. The van der Waals surface area contributed by atoms with Gasteiger partial charge < -0.3 is 15.2 Å². The van der Waals surface area contributed by atoms with Gasteiger partial charge in [0.2, 0.25) is 5.91 Å². The molecule has 29 heavy (non-hydrogen) atoms. The number of halogens is 2. The van der Waals surface area contributed by atoms with E-state index in [2.05, 4.69) is 15.8 Å². The average Bonchev–Trinajstić information content (AvgIpc) is 3.02. The molecule has 0 radical (unpaired) electrons. The van der Waals surface area contributed by atoms with E-state index in [0.717, 1.165) is 19.3 Å². The van der Waals surface area contributed by atoms with Crippen LogP contribution >= 0.6 is 23.2 Å². The van der Waals surface area contributed by atoms with Gasteiger partial charge in [-0.05, 0) is 52.2 Å². The summed E-state index contributed by atoms with van der Waals surface area (Å²) >= 11 is 12.6. The topological polar surface area (TPSA) is 84.2 Å². The highest BCUT2D eigenvalue weighted by molar-refractivity contribution is 6.39. The van der Waals surface area contributed by atoms with Gasteiger partial charge in [0, 0.05) is 23.6 Å². The number of nitrogens with one attached hydrogen (secondary N) is 2. The molecule has 2 amide bonds. The van der Waals surface area contributed by atoms with Gasteiger partial charge in [-0.2, -0.15) is 0 Å². The molecule has 0 bridgehead atoms. The molecule has 2 atom stereocenters. The van der Waals surface area contributed by atoms with E-state index in [0.29, 0.717) is 39.0 Å². The molecule has 156 valence electrons. The van der Waals surface area contributed by atoms with Crippen LogP contribution in [0.2, 0.25) is 10.0 Å². The molecule has 1 aliphatic rings. The number of benzene rings is 1. The molecule has 2 unspecified atom stereocenters. The Bertz CT molecular complexity index is 890. The smallest absolute Gasteiger partial charge is 0.257 e. The summed E-state index contributed by atoms with van der Waals surface area (Å²) in [6.45, 7) is 5.56. The first-order valence-corrected chi connectivity index (χ1v) is 10.6. The Hall–Kier alpha value is -2.05. The van der Waals surface area contributed by atoms with Crippen LogP contribution in [0.25, 0.3) is 11.3 Å². The van der Waals surface area contributed by atoms with Crippen molar-refractivity contribution in [2.45, 2.75) is 58.5 Å². The first-order chi connectivity index (χ1) is 13.8. The lowest BCUT2D eigenvalue weighted by Crippen LogP contribution is -2.43. The van der Waals surface area contributed by atoms with Crippen LogP contribution in [0.4, 0.5) is 0 Å². The first kappa shape index (κ1) is 21.7. The van der Waals surface area contributed by atoms with Crippen molar-refractivity contribution < 1.29 is 14.1 Å². The molecule has 1 heterocycles. The van der Waals surface area contributed by atoms with Gasteiger partial charge in [0.25, 0.3) is 5.91 Å². The van der Waals surface area contributed by atoms with E-state index in [-0.39, 0.29) is 29.8 Å². The van der Waals surface area contributed by atoms with Crippen LogP contribution < -0.4 is 10.6 Å². The van der Waals surface area contributed by atoms with E-state index in [4.69, 9.17) is 27.7 Å². The van der Waals surface area contributed by atoms with Crippen molar-refractivity contribution in [1.82, 2.24) is 15.8 Å². The quantitative estimate of drug-likeness (QED) is 0.705. The van der Waals surface area contributed by atoms with Crippen LogP contribution in [0.1, 0.15) is 55.6 Å². The molecule has 0 spiro atoms. The molecule has 1 fully saturated rings. The largest absolute Gasteiger partial charge is 0.360 e. The van der Waals surface area contributed by atoms with E-state index in [1.807, 2.05) is 13.8 Å². The molecule has 3 rings (SSSR count). The van der Waals surface area contributed by atoms with E-state index in [1.165, 1.54) is 0 Å². The molecule has 2 aromatic rings. The number of aromatic nitrogens is 1. The highest BCUT2D eigenvalue weighted by Crippen LogP contribution is 2.37. The Morgan fingerprint density at radius 2 is 1.90 bits per heavy atom. The van der Waals surface area contributed by atoms with Crippen LogP contribution in [0.5, 0.6) is 0 Å². The van der Waals surface area contributed by atoms with Crippen molar-refractivity contribution in [3.05, 3.63) is 39.6 Å². The van der Waals surface area contributed by atoms with Gasteiger partial charge in [-0.15, -0.1) is 0 Å². The van der Waals surface area contributed by atoms with Crippen LogP contribution in [0.3, 0.4) is 0 Å². The van der Waals surface area contributed by atoms with Crippen molar-refractivity contribution in [1.29, 1.82) is 0 Å². The van der Waals surface area contributed by atoms with E-state index < -0.39 is 0 Å². The number of hydrogen-bond acceptors (Lipinski definition) is 4. The Morgan fingerprint density at radius 3 is 2.55 bits per heavy atom. The number of aryl methyl sites for hydroxylation is 1. The first-order valence-electron chi connectivity index (χ1n) is 9.79. The third-order valence-electron chi connectivity index (χ3n) is 5.10. The van der Waals surface area contributed by atoms with Crippen LogP contribution in [-0.2, 0) is 4.79 Å². The number of rotatable bonds is 5. The lowest BCUT2D eigenvalue weighted by atomic mass is 9.84. The Morgan fingerprint density at radius 1 is 1.21 bits per heavy atom. The minimum atomic E-state index is -0.301. The fraction of sp³-hybridized carbons (Fsp3) is 0.476. The number of nitrogens with zero attached hydrogens (tertiary/aromatic N) is 1. The molecule has 1 aromatic carbocycles. The van der Waals surface area contributed by atoms with Gasteiger partial charge in [0.1, 0.15) is 17.0 Å². The molecule has 2 N–H and O–H groups in total. The standard InChI is InChI=1S/C21H25Cl2N3O3/c1-11(2)24-20(27)13-6-4-7-14(10-13)25-21(28)17-12(3)29-26-19(17)18-15(22)8-5-9-16(18)23/h5,8-9,11,13-14H,4,6-7,10H2,1-3H3,(H,24,27)(H,25,28). The van der Waals surface area contributed by atoms with Crippen LogP contribution in [-0.4, -0.2) is 29.1 Å². The van der Waals surface area contributed by atoms with E-state index >= 15 is 0 Å². The number of carbonyl (C=O) groups is 2. The summed E-state index contributed by atoms with van der Waals surface area (Å²) in [5, 5.41) is 10.8. The molecule has 0 aliphatic heterocycles. The number of amides is 2. The van der Waals surface area contributed by atoms with Crippen molar-refractivity contribution in [2.75, 3.05) is 0 Å². The molecule has 1 saturated carbocycles. The maximum atomic E-state index is 13.1. The molecule has 8 heteroatoms. The molecular weight excluding hydrogens is 413 g/mol. The lowest BCUT2D eigenvalue weighted by molar-refractivity contribution is -0.126. The second kappa shape index (κ2) is 9.18. The highest BCUT2D eigenvalue weighted by Gasteiger charge is 2.31. The Balaban J connectivity index is 1.78. The van der Waals surface area contributed by atoms with Crippen molar-refractivity contribution in [3.63, 3.8) is 0 Å². The van der Waals surface area contributed by atoms with Crippen molar-refractivity contribution in [2.24, 2.45) is 5.92 Å². The molecule has 1 aliphatic carbocycles. The Kier molecular flexibility index (Phi) is 6.85. The zero-order valence-corrected chi connectivity index (χ0v) is 18.2. The third-order valence-corrected chi connectivity index (χ3v) is 5.73. The third kappa shape index (κ3) is 4.93. The van der Waals surface area contributed by atoms with Gasteiger partial charge in [-0.1, -0.05) is 40.8 Å². The number of hydrogen-bond donors (Lipinski definition) is 2. The Labute approximate surface area is 180 Å². The summed E-state index contributed by atoms with van der Waals surface area (Å²) in [5.41, 5.74) is 1.10. The summed E-state index contributed by atoms with van der Waals surface area (Å²) in [6.07, 6.45) is 3.14. The molecular formula is C21H25Cl2N3O3. The van der Waals surface area contributed by atoms with Crippen LogP contribution in [0, 0.1) is 12.8 Å². The number of carbonyl (C=O) groups excluding carboxylic acids is 2. The van der Waals surface area contributed by atoms with Gasteiger partial charge in [0.15, 0.2) is 0 Å². The van der Waals surface area contributed by atoms with Crippen molar-refractivity contribution >= 4 is 35.0 Å². The maximum Gasteiger partial charge on any atom is 0.257 e. The predicted octanol–water partition coefficient (Wildman–Crippen LogP) is 4.77. The summed E-state index contributed by atoms with van der Waals surface area (Å²) in [7, 11) is 0. The molecule has 1 aromatic heterocycles. The van der Waals surface area contributed by atoms with E-state index in [1.54, 1.807) is 25.1 Å². The highest BCUT2D eigenvalue weighted by atomic mass is 35.5. The van der Waals surface area contributed by atoms with E-state index in [9.17, 15) is 9.59 Å². The minimum absolute atomic E-state index is 0.0450. The summed E-state index contributed by atoms with van der Waals surface area (Å²) in [4.78, 5) is 25.4. The zero-order valence-electron chi connectivity index (χ0n) is 16.7. The zero-order chi connectivity index (χ0) is 21.1. The lowest BCUT2D eigenvalue weighted by Gasteiger charge is -2.29. The second-order valence-corrected chi connectivity index (χ2v) is 8.57. The summed E-state index contributed by atoms with van der Waals surface area (Å²) < 4.78 is 5.28. The second-order valence-electron chi connectivity index (χ2n) is 7.76. The maximum absolute atomic E-state index is 13.1. The van der Waals surface area contributed by atoms with Gasteiger partial charge in [-0.25, -0.2) is 0 Å². The summed E-state index contributed by atoms with van der Waals surface area (Å²) in [6, 6.07) is 5.11. The fourth-order valence-electron chi connectivity index (χ4n) is 3.75. The monoisotopic (exact) mass is 437 g/mol. The van der Waals surface area contributed by atoms with Gasteiger partial charge in [-0.3, -0.25) is 9.59 Å². The SMILES string of the molecule is Cc1onc(-c2c(Cl)cccc2Cl)c1C(=O)NC1CCCC(C(=O)NC(C)C)C1. The van der Waals surface area contributed by atoms with Crippen LogP contribution in [0.15, 0.2) is 22.7 Å². The molecule has 0 saturated heterocycles. The van der Waals surface area contributed by atoms with Crippen molar-refractivity contribution in [3.8, 4) is 11.3 Å². The molecule has 6 nitrogen and oxygen atoms in total. The van der Waals surface area contributed by atoms with Gasteiger partial charge >= 0.3 is 0 Å². The predicted molar refractivity (Wildman–Crippen MR) is 113 cm³/mol.